The summed E-state index contributed by atoms with van der Waals surface area (Å²) in [7, 11) is 2.03. The van der Waals surface area contributed by atoms with Crippen molar-refractivity contribution in [1.82, 2.24) is 15.5 Å². The lowest BCUT2D eigenvalue weighted by atomic mass is 9.86. The van der Waals surface area contributed by atoms with Crippen molar-refractivity contribution in [2.75, 3.05) is 20.1 Å². The molecule has 2 amide bonds. The Morgan fingerprint density at radius 2 is 1.90 bits per heavy atom. The SMILES string of the molecule is CN1CCC(NC(=O)NC2CCCCC2)(/C(N)=N/O)CC1. The van der Waals surface area contributed by atoms with Crippen LogP contribution in [0.15, 0.2) is 5.16 Å². The van der Waals surface area contributed by atoms with E-state index in [2.05, 4.69) is 20.7 Å². The monoisotopic (exact) mass is 297 g/mol. The van der Waals surface area contributed by atoms with E-state index in [1.54, 1.807) is 0 Å². The molecule has 0 unspecified atom stereocenters. The molecule has 7 nitrogen and oxygen atoms in total. The van der Waals surface area contributed by atoms with Gasteiger partial charge in [-0.1, -0.05) is 24.4 Å². The average Bonchev–Trinajstić information content (AvgIpc) is 2.50. The fraction of sp³-hybridized carbons (Fsp3) is 0.857. The third-order valence-electron chi connectivity index (χ3n) is 4.73. The van der Waals surface area contributed by atoms with Crippen LogP contribution in [-0.4, -0.2) is 53.7 Å². The number of amidine groups is 1. The minimum atomic E-state index is -0.736. The second-order valence-electron chi connectivity index (χ2n) is 6.30. The second-order valence-corrected chi connectivity index (χ2v) is 6.30. The normalized spacial score (nSPS) is 24.5. The molecular weight excluding hydrogens is 270 g/mol. The molecule has 0 aromatic heterocycles. The van der Waals surface area contributed by atoms with Crippen LogP contribution in [0.1, 0.15) is 44.9 Å². The highest BCUT2D eigenvalue weighted by molar-refractivity contribution is 5.93. The van der Waals surface area contributed by atoms with E-state index < -0.39 is 5.54 Å². The van der Waals surface area contributed by atoms with Crippen LogP contribution in [0.3, 0.4) is 0 Å². The highest BCUT2D eigenvalue weighted by Gasteiger charge is 2.39. The summed E-state index contributed by atoms with van der Waals surface area (Å²) >= 11 is 0. The number of hydrogen-bond donors (Lipinski definition) is 4. The summed E-state index contributed by atoms with van der Waals surface area (Å²) in [5.41, 5.74) is 5.11. The third kappa shape index (κ3) is 4.00. The van der Waals surface area contributed by atoms with Gasteiger partial charge in [0.05, 0.1) is 0 Å². The van der Waals surface area contributed by atoms with Gasteiger partial charge in [-0.3, -0.25) is 0 Å². The molecule has 1 aliphatic carbocycles. The predicted molar refractivity (Wildman–Crippen MR) is 81.4 cm³/mol. The summed E-state index contributed by atoms with van der Waals surface area (Å²) in [6.07, 6.45) is 6.96. The Morgan fingerprint density at radius 1 is 1.29 bits per heavy atom. The Hall–Kier alpha value is -1.50. The van der Waals surface area contributed by atoms with Gasteiger partial charge in [-0.2, -0.15) is 0 Å². The summed E-state index contributed by atoms with van der Waals surface area (Å²) in [5, 5.41) is 18.2. The first-order chi connectivity index (χ1) is 10.1. The molecule has 120 valence electrons. The van der Waals surface area contributed by atoms with E-state index in [9.17, 15) is 4.79 Å². The van der Waals surface area contributed by atoms with Gasteiger partial charge in [-0.25, -0.2) is 4.79 Å². The Kier molecular flexibility index (Phi) is 5.27. The lowest BCUT2D eigenvalue weighted by molar-refractivity contribution is 0.185. The maximum Gasteiger partial charge on any atom is 0.315 e. The Bertz CT molecular complexity index is 385. The van der Waals surface area contributed by atoms with Crippen LogP contribution in [-0.2, 0) is 0 Å². The van der Waals surface area contributed by atoms with E-state index in [4.69, 9.17) is 10.9 Å². The zero-order valence-corrected chi connectivity index (χ0v) is 12.8. The Balaban J connectivity index is 1.96. The zero-order chi connectivity index (χ0) is 15.3. The first kappa shape index (κ1) is 15.9. The maximum absolute atomic E-state index is 12.3. The summed E-state index contributed by atoms with van der Waals surface area (Å²) < 4.78 is 0. The summed E-state index contributed by atoms with van der Waals surface area (Å²) in [4.78, 5) is 14.4. The number of oxime groups is 1. The van der Waals surface area contributed by atoms with Crippen LogP contribution in [0.25, 0.3) is 0 Å². The van der Waals surface area contributed by atoms with Crippen LogP contribution in [0, 0.1) is 0 Å². The van der Waals surface area contributed by atoms with Crippen LogP contribution < -0.4 is 16.4 Å². The quantitative estimate of drug-likeness (QED) is 0.268. The molecule has 5 N–H and O–H groups in total. The van der Waals surface area contributed by atoms with Gasteiger partial charge >= 0.3 is 6.03 Å². The molecule has 21 heavy (non-hydrogen) atoms. The first-order valence-corrected chi connectivity index (χ1v) is 7.81. The minimum absolute atomic E-state index is 0.0920. The topological polar surface area (TPSA) is 103 Å². The Morgan fingerprint density at radius 3 is 2.48 bits per heavy atom. The highest BCUT2D eigenvalue weighted by atomic mass is 16.4. The van der Waals surface area contributed by atoms with Gasteiger partial charge in [0.2, 0.25) is 0 Å². The van der Waals surface area contributed by atoms with E-state index in [0.717, 1.165) is 25.9 Å². The van der Waals surface area contributed by atoms with Crippen molar-refractivity contribution in [3.63, 3.8) is 0 Å². The molecule has 0 spiro atoms. The van der Waals surface area contributed by atoms with E-state index in [-0.39, 0.29) is 17.9 Å². The van der Waals surface area contributed by atoms with E-state index >= 15 is 0 Å². The fourth-order valence-corrected chi connectivity index (χ4v) is 3.23. The molecule has 0 atom stereocenters. The molecule has 7 heteroatoms. The number of nitrogens with two attached hydrogens (primary N) is 1. The summed E-state index contributed by atoms with van der Waals surface area (Å²) in [5.74, 6) is 0.0920. The van der Waals surface area contributed by atoms with Gasteiger partial charge in [0.15, 0.2) is 5.84 Å². The molecule has 0 radical (unpaired) electrons. The van der Waals surface area contributed by atoms with E-state index in [0.29, 0.717) is 12.8 Å². The summed E-state index contributed by atoms with van der Waals surface area (Å²) in [6.45, 7) is 1.61. The van der Waals surface area contributed by atoms with Crippen molar-refractivity contribution in [3.05, 3.63) is 0 Å². The van der Waals surface area contributed by atoms with Crippen molar-refractivity contribution in [2.24, 2.45) is 10.9 Å². The van der Waals surface area contributed by atoms with Crippen LogP contribution in [0.2, 0.25) is 0 Å². The van der Waals surface area contributed by atoms with E-state index in [1.165, 1.54) is 19.3 Å². The number of hydrogen-bond acceptors (Lipinski definition) is 4. The van der Waals surface area contributed by atoms with Gasteiger partial charge in [-0.15, -0.1) is 0 Å². The van der Waals surface area contributed by atoms with E-state index in [1.807, 2.05) is 7.05 Å². The van der Waals surface area contributed by atoms with Crippen molar-refractivity contribution in [2.45, 2.75) is 56.5 Å². The van der Waals surface area contributed by atoms with Crippen molar-refractivity contribution < 1.29 is 10.0 Å². The van der Waals surface area contributed by atoms with Crippen LogP contribution >= 0.6 is 0 Å². The average molecular weight is 297 g/mol. The molecule has 0 aromatic carbocycles. The number of carbonyl (C=O) groups is 1. The predicted octanol–water partition coefficient (Wildman–Crippen LogP) is 0.829. The molecule has 0 bridgehead atoms. The fourth-order valence-electron chi connectivity index (χ4n) is 3.23. The van der Waals surface area contributed by atoms with Gasteiger partial charge < -0.3 is 26.5 Å². The number of amides is 2. The van der Waals surface area contributed by atoms with Gasteiger partial charge in [-0.05, 0) is 32.7 Å². The smallest absolute Gasteiger partial charge is 0.315 e. The lowest BCUT2D eigenvalue weighted by Gasteiger charge is -2.40. The number of piperidine rings is 1. The number of urea groups is 1. The van der Waals surface area contributed by atoms with Crippen LogP contribution in [0.5, 0.6) is 0 Å². The largest absolute Gasteiger partial charge is 0.409 e. The second kappa shape index (κ2) is 6.98. The highest BCUT2D eigenvalue weighted by Crippen LogP contribution is 2.22. The van der Waals surface area contributed by atoms with Gasteiger partial charge in [0, 0.05) is 19.1 Å². The third-order valence-corrected chi connectivity index (χ3v) is 4.73. The van der Waals surface area contributed by atoms with Gasteiger partial charge in [0.25, 0.3) is 0 Å². The molecule has 1 saturated heterocycles. The number of carbonyl (C=O) groups excluding carboxylic acids is 1. The molecular formula is C14H27N5O2. The first-order valence-electron chi connectivity index (χ1n) is 7.81. The Labute approximate surface area is 125 Å². The standard InChI is InChI=1S/C14H27N5O2/c1-19-9-7-14(8-10-19,12(15)18-21)17-13(20)16-11-5-3-2-4-6-11/h11,21H,2-10H2,1H3,(H2,15,18)(H2,16,17,20). The molecule has 2 fully saturated rings. The maximum atomic E-state index is 12.3. The number of rotatable bonds is 3. The molecule has 2 aliphatic rings. The molecule has 2 rings (SSSR count). The number of nitrogens with one attached hydrogen (secondary N) is 2. The number of likely N-dealkylation sites (tertiary alicyclic amines) is 1. The molecule has 1 heterocycles. The molecule has 1 aliphatic heterocycles. The van der Waals surface area contributed by atoms with Gasteiger partial charge in [0.1, 0.15) is 5.54 Å². The van der Waals surface area contributed by atoms with Crippen molar-refractivity contribution in [1.29, 1.82) is 0 Å². The van der Waals surface area contributed by atoms with Crippen molar-refractivity contribution in [3.8, 4) is 0 Å². The zero-order valence-electron chi connectivity index (χ0n) is 12.8. The molecule has 0 aromatic rings. The molecule has 1 saturated carbocycles. The minimum Gasteiger partial charge on any atom is -0.409 e. The summed E-state index contributed by atoms with van der Waals surface area (Å²) in [6, 6.07) is 0.0346. The van der Waals surface area contributed by atoms with Crippen molar-refractivity contribution >= 4 is 11.9 Å². The number of nitrogens with zero attached hydrogens (tertiary/aromatic N) is 2. The lowest BCUT2D eigenvalue weighted by Crippen LogP contribution is -2.64. The van der Waals surface area contributed by atoms with Crippen LogP contribution in [0.4, 0.5) is 4.79 Å².